The van der Waals surface area contributed by atoms with Crippen LogP contribution in [-0.2, 0) is 14.5 Å². The topological polar surface area (TPSA) is 63.8 Å². The highest BCUT2D eigenvalue weighted by molar-refractivity contribution is 4.53. The van der Waals surface area contributed by atoms with Gasteiger partial charge in [-0.2, -0.15) is 11.0 Å². The highest BCUT2D eigenvalue weighted by Crippen LogP contribution is 1.85. The zero-order chi connectivity index (χ0) is 9.23. The molecule has 0 spiro atoms. The van der Waals surface area contributed by atoms with Crippen molar-refractivity contribution in [3.8, 4) is 0 Å². The van der Waals surface area contributed by atoms with Crippen molar-refractivity contribution in [2.75, 3.05) is 27.9 Å². The minimum absolute atomic E-state index is 0.0531. The van der Waals surface area contributed by atoms with E-state index in [1.54, 1.807) is 21.3 Å². The van der Waals surface area contributed by atoms with Crippen LogP contribution in [-0.4, -0.2) is 34.0 Å². The van der Waals surface area contributed by atoms with Gasteiger partial charge in [0.05, 0.1) is 21.3 Å². The first-order valence-electron chi connectivity index (χ1n) is 3.68. The van der Waals surface area contributed by atoms with Crippen LogP contribution in [0.4, 0.5) is 0 Å². The maximum absolute atomic E-state index is 4.73. The van der Waals surface area contributed by atoms with Gasteiger partial charge < -0.3 is 14.5 Å². The van der Waals surface area contributed by atoms with Crippen molar-refractivity contribution < 1.29 is 14.5 Å². The van der Waals surface area contributed by atoms with Gasteiger partial charge in [0.2, 0.25) is 0 Å². The molecule has 0 amide bonds. The molecule has 0 saturated carbocycles. The third-order valence-electron chi connectivity index (χ3n) is 1.20. The molecule has 0 rings (SSSR count). The highest BCUT2D eigenvalue weighted by Gasteiger charge is 2.05. The third-order valence-corrected chi connectivity index (χ3v) is 1.20. The molecule has 6 heteroatoms. The lowest BCUT2D eigenvalue weighted by molar-refractivity contribution is -0.0326. The van der Waals surface area contributed by atoms with E-state index in [9.17, 15) is 0 Å². The summed E-state index contributed by atoms with van der Waals surface area (Å²) in [6.07, 6.45) is 0.720. The second-order valence-corrected chi connectivity index (χ2v) is 2.08. The standard InChI is InChI=1S/C6H17N3O3/c1-10-7-5-4-6(8-11-2)9-12-3/h6-9H,4-5H2,1-3H3. The summed E-state index contributed by atoms with van der Waals surface area (Å²) < 4.78 is 0. The van der Waals surface area contributed by atoms with Gasteiger partial charge >= 0.3 is 0 Å². The Hall–Kier alpha value is -0.240. The number of nitrogens with one attached hydrogen (secondary N) is 3. The van der Waals surface area contributed by atoms with Crippen LogP contribution in [0.1, 0.15) is 6.42 Å². The molecule has 0 aromatic carbocycles. The Bertz CT molecular complexity index is 88.1. The van der Waals surface area contributed by atoms with Crippen molar-refractivity contribution in [3.63, 3.8) is 0 Å². The summed E-state index contributed by atoms with van der Waals surface area (Å²) in [5.41, 5.74) is 8.13. The molecule has 0 atom stereocenters. The van der Waals surface area contributed by atoms with Crippen molar-refractivity contribution in [2.45, 2.75) is 12.6 Å². The van der Waals surface area contributed by atoms with E-state index in [-0.39, 0.29) is 6.17 Å². The van der Waals surface area contributed by atoms with E-state index in [1.807, 2.05) is 0 Å². The smallest absolute Gasteiger partial charge is 0.106 e. The molecule has 0 aromatic rings. The zero-order valence-corrected chi connectivity index (χ0v) is 7.72. The molecule has 0 unspecified atom stereocenters. The molecule has 0 heterocycles. The lowest BCUT2D eigenvalue weighted by Gasteiger charge is -2.16. The van der Waals surface area contributed by atoms with Gasteiger partial charge in [-0.3, -0.25) is 0 Å². The molecular weight excluding hydrogens is 162 g/mol. The molecule has 3 N–H and O–H groups in total. The van der Waals surface area contributed by atoms with Crippen molar-refractivity contribution in [2.24, 2.45) is 0 Å². The van der Waals surface area contributed by atoms with Gasteiger partial charge in [-0.1, -0.05) is 0 Å². The second-order valence-electron chi connectivity index (χ2n) is 2.08. The van der Waals surface area contributed by atoms with Crippen LogP contribution in [0.5, 0.6) is 0 Å². The van der Waals surface area contributed by atoms with Crippen LogP contribution in [0, 0.1) is 0 Å². The Balaban J connectivity index is 3.34. The molecule has 0 aliphatic carbocycles. The van der Waals surface area contributed by atoms with Gasteiger partial charge in [-0.15, -0.1) is 0 Å². The Labute approximate surface area is 72.4 Å². The summed E-state index contributed by atoms with van der Waals surface area (Å²) in [5.74, 6) is 0. The van der Waals surface area contributed by atoms with Crippen LogP contribution < -0.4 is 16.4 Å². The minimum atomic E-state index is -0.0531. The Morgan fingerprint density at radius 1 is 1.00 bits per heavy atom. The van der Waals surface area contributed by atoms with Gasteiger partial charge in [-0.25, -0.2) is 5.48 Å². The molecule has 12 heavy (non-hydrogen) atoms. The van der Waals surface area contributed by atoms with Crippen LogP contribution in [0.25, 0.3) is 0 Å². The average molecular weight is 179 g/mol. The van der Waals surface area contributed by atoms with Crippen LogP contribution in [0.15, 0.2) is 0 Å². The summed E-state index contributed by atoms with van der Waals surface area (Å²) >= 11 is 0. The molecule has 0 aliphatic heterocycles. The largest absolute Gasteiger partial charge is 0.305 e. The number of rotatable bonds is 8. The van der Waals surface area contributed by atoms with E-state index in [4.69, 9.17) is 9.68 Å². The van der Waals surface area contributed by atoms with Gasteiger partial charge in [0.15, 0.2) is 0 Å². The van der Waals surface area contributed by atoms with Gasteiger partial charge in [0, 0.05) is 6.54 Å². The van der Waals surface area contributed by atoms with E-state index >= 15 is 0 Å². The predicted molar refractivity (Wildman–Crippen MR) is 43.7 cm³/mol. The summed E-state index contributed by atoms with van der Waals surface area (Å²) in [5, 5.41) is 0. The molecule has 0 fully saturated rings. The van der Waals surface area contributed by atoms with Gasteiger partial charge in [0.1, 0.15) is 6.17 Å². The third kappa shape index (κ3) is 6.47. The van der Waals surface area contributed by atoms with E-state index in [0.29, 0.717) is 6.54 Å². The van der Waals surface area contributed by atoms with Crippen molar-refractivity contribution >= 4 is 0 Å². The van der Waals surface area contributed by atoms with Gasteiger partial charge in [-0.05, 0) is 6.42 Å². The molecule has 6 nitrogen and oxygen atoms in total. The number of hydrogen-bond acceptors (Lipinski definition) is 6. The molecule has 0 radical (unpaired) electrons. The molecule has 0 saturated heterocycles. The van der Waals surface area contributed by atoms with E-state index in [2.05, 4.69) is 21.3 Å². The number of hydroxylamine groups is 3. The molecule has 0 bridgehead atoms. The summed E-state index contributed by atoms with van der Waals surface area (Å²) in [7, 11) is 4.67. The fourth-order valence-corrected chi connectivity index (χ4v) is 0.732. The normalized spacial score (nSPS) is 11.0. The van der Waals surface area contributed by atoms with Crippen LogP contribution in [0.2, 0.25) is 0 Å². The van der Waals surface area contributed by atoms with Crippen molar-refractivity contribution in [1.29, 1.82) is 0 Å². The average Bonchev–Trinajstić information content (AvgIpc) is 2.06. The van der Waals surface area contributed by atoms with Crippen LogP contribution >= 0.6 is 0 Å². The first kappa shape index (κ1) is 11.8. The number of hydrogen-bond donors (Lipinski definition) is 3. The SMILES string of the molecule is CONCCC(NOC)NOC. The predicted octanol–water partition coefficient (Wildman–Crippen LogP) is -0.844. The van der Waals surface area contributed by atoms with Crippen molar-refractivity contribution in [3.05, 3.63) is 0 Å². The van der Waals surface area contributed by atoms with E-state index < -0.39 is 0 Å². The minimum Gasteiger partial charge on any atom is -0.305 e. The van der Waals surface area contributed by atoms with Gasteiger partial charge in [0.25, 0.3) is 0 Å². The fourth-order valence-electron chi connectivity index (χ4n) is 0.732. The monoisotopic (exact) mass is 179 g/mol. The summed E-state index contributed by atoms with van der Waals surface area (Å²) in [4.78, 5) is 14.1. The Morgan fingerprint density at radius 3 is 2.00 bits per heavy atom. The molecule has 74 valence electrons. The lowest BCUT2D eigenvalue weighted by Crippen LogP contribution is -2.42. The fraction of sp³-hybridized carbons (Fsp3) is 1.00. The quantitative estimate of drug-likeness (QED) is 0.256. The summed E-state index contributed by atoms with van der Waals surface area (Å²) in [6, 6.07) is 0. The maximum Gasteiger partial charge on any atom is 0.106 e. The molecular formula is C6H17N3O3. The molecule has 0 aliphatic rings. The zero-order valence-electron chi connectivity index (χ0n) is 7.72. The van der Waals surface area contributed by atoms with E-state index in [1.165, 1.54) is 0 Å². The second kappa shape index (κ2) is 8.85. The van der Waals surface area contributed by atoms with E-state index in [0.717, 1.165) is 6.42 Å². The molecule has 0 aromatic heterocycles. The maximum atomic E-state index is 4.73. The Morgan fingerprint density at radius 2 is 1.58 bits per heavy atom. The lowest BCUT2D eigenvalue weighted by atomic mass is 10.4. The van der Waals surface area contributed by atoms with Crippen molar-refractivity contribution in [1.82, 2.24) is 16.4 Å². The Kier molecular flexibility index (Phi) is 8.68. The highest BCUT2D eigenvalue weighted by atomic mass is 16.7. The first-order valence-corrected chi connectivity index (χ1v) is 3.68. The van der Waals surface area contributed by atoms with Crippen LogP contribution in [0.3, 0.4) is 0 Å². The summed E-state index contributed by atoms with van der Waals surface area (Å²) in [6.45, 7) is 0.702. The first-order chi connectivity index (χ1) is 5.85.